The molecule has 1 aromatic carbocycles. The summed E-state index contributed by atoms with van der Waals surface area (Å²) >= 11 is 0. The molecule has 28 heavy (non-hydrogen) atoms. The van der Waals surface area contributed by atoms with Crippen LogP contribution in [0.4, 0.5) is 5.69 Å². The minimum Gasteiger partial charge on any atom is -0.459 e. The van der Waals surface area contributed by atoms with Crippen LogP contribution >= 0.6 is 0 Å². The van der Waals surface area contributed by atoms with Crippen molar-refractivity contribution in [1.82, 2.24) is 9.13 Å². The van der Waals surface area contributed by atoms with Crippen LogP contribution in [0.2, 0.25) is 0 Å². The van der Waals surface area contributed by atoms with Crippen molar-refractivity contribution in [2.75, 3.05) is 5.32 Å². The van der Waals surface area contributed by atoms with Gasteiger partial charge in [0, 0.05) is 20.2 Å². The molecule has 0 radical (unpaired) electrons. The molecule has 0 aliphatic heterocycles. The molecule has 0 bridgehead atoms. The topological polar surface area (TPSA) is 113 Å². The van der Waals surface area contributed by atoms with E-state index in [1.807, 2.05) is 0 Å². The molecule has 0 unspecified atom stereocenters. The summed E-state index contributed by atoms with van der Waals surface area (Å²) < 4.78 is 12.4. The quantitative estimate of drug-likeness (QED) is 0.664. The van der Waals surface area contributed by atoms with Crippen molar-refractivity contribution >= 4 is 17.6 Å². The molecule has 3 aromatic rings. The van der Waals surface area contributed by atoms with E-state index in [1.165, 1.54) is 43.1 Å². The normalized spacial score (nSPS) is 10.5. The molecule has 144 valence electrons. The number of nitrogens with one attached hydrogen (secondary N) is 1. The highest BCUT2D eigenvalue weighted by Gasteiger charge is 2.17. The molecule has 0 atom stereocenters. The number of rotatable bonds is 5. The van der Waals surface area contributed by atoms with E-state index in [0.717, 1.165) is 4.57 Å². The van der Waals surface area contributed by atoms with Gasteiger partial charge in [-0.2, -0.15) is 0 Å². The fraction of sp³-hybridized carbons (Fsp3) is 0.158. The second kappa shape index (κ2) is 7.78. The van der Waals surface area contributed by atoms with Gasteiger partial charge in [-0.3, -0.25) is 18.7 Å². The van der Waals surface area contributed by atoms with Crippen LogP contribution in [0.15, 0.2) is 62.7 Å². The summed E-state index contributed by atoms with van der Waals surface area (Å²) in [7, 11) is 2.83. The van der Waals surface area contributed by atoms with E-state index in [-0.39, 0.29) is 29.3 Å². The highest BCUT2D eigenvalue weighted by atomic mass is 16.5. The maximum absolute atomic E-state index is 12.5. The molecule has 0 saturated carbocycles. The van der Waals surface area contributed by atoms with Gasteiger partial charge in [0.15, 0.2) is 5.76 Å². The van der Waals surface area contributed by atoms with E-state index in [9.17, 15) is 19.2 Å². The van der Waals surface area contributed by atoms with Gasteiger partial charge in [-0.15, -0.1) is 0 Å². The zero-order valence-corrected chi connectivity index (χ0v) is 15.2. The number of amides is 1. The SMILES string of the molecule is Cn1c(COC(=O)c2ccccc2NC(=O)c2ccco2)cc(=O)n(C)c1=O. The highest BCUT2D eigenvalue weighted by molar-refractivity contribution is 6.06. The Labute approximate surface area is 158 Å². The monoisotopic (exact) mass is 383 g/mol. The lowest BCUT2D eigenvalue weighted by Crippen LogP contribution is -2.38. The van der Waals surface area contributed by atoms with E-state index >= 15 is 0 Å². The van der Waals surface area contributed by atoms with E-state index in [0.29, 0.717) is 0 Å². The number of aromatic nitrogens is 2. The Hall–Kier alpha value is -3.88. The summed E-state index contributed by atoms with van der Waals surface area (Å²) in [5.41, 5.74) is -0.411. The highest BCUT2D eigenvalue weighted by Crippen LogP contribution is 2.18. The summed E-state index contributed by atoms with van der Waals surface area (Å²) in [6.45, 7) is -0.277. The molecule has 9 nitrogen and oxygen atoms in total. The molecule has 0 aliphatic carbocycles. The van der Waals surface area contributed by atoms with E-state index in [4.69, 9.17) is 9.15 Å². The Morgan fingerprint density at radius 3 is 2.54 bits per heavy atom. The first-order chi connectivity index (χ1) is 13.4. The second-order valence-electron chi connectivity index (χ2n) is 5.93. The van der Waals surface area contributed by atoms with Crippen molar-refractivity contribution in [3.05, 3.63) is 86.6 Å². The summed E-state index contributed by atoms with van der Waals surface area (Å²) in [4.78, 5) is 48.3. The van der Waals surface area contributed by atoms with Gasteiger partial charge < -0.3 is 14.5 Å². The van der Waals surface area contributed by atoms with Crippen LogP contribution in [0.5, 0.6) is 0 Å². The van der Waals surface area contributed by atoms with Crippen molar-refractivity contribution in [1.29, 1.82) is 0 Å². The van der Waals surface area contributed by atoms with Gasteiger partial charge in [-0.1, -0.05) is 12.1 Å². The number of esters is 1. The van der Waals surface area contributed by atoms with Crippen LogP contribution in [0.25, 0.3) is 0 Å². The van der Waals surface area contributed by atoms with Crippen molar-refractivity contribution < 1.29 is 18.7 Å². The molecule has 0 saturated heterocycles. The summed E-state index contributed by atoms with van der Waals surface area (Å²) in [5, 5.41) is 2.59. The molecule has 0 spiro atoms. The molecule has 0 aliphatic rings. The predicted molar refractivity (Wildman–Crippen MR) is 99.1 cm³/mol. The third-order valence-electron chi connectivity index (χ3n) is 4.12. The number of hydrogen-bond acceptors (Lipinski definition) is 6. The third kappa shape index (κ3) is 3.78. The molecule has 2 heterocycles. The number of furan rings is 1. The fourth-order valence-corrected chi connectivity index (χ4v) is 2.50. The molecule has 1 N–H and O–H groups in total. The summed E-state index contributed by atoms with van der Waals surface area (Å²) in [6, 6.07) is 10.6. The minimum absolute atomic E-state index is 0.0956. The molecule has 3 rings (SSSR count). The van der Waals surface area contributed by atoms with Gasteiger partial charge in [0.05, 0.1) is 23.2 Å². The van der Waals surface area contributed by atoms with Crippen molar-refractivity contribution in [2.45, 2.75) is 6.61 Å². The van der Waals surface area contributed by atoms with Gasteiger partial charge in [0.25, 0.3) is 11.5 Å². The molecular weight excluding hydrogens is 366 g/mol. The summed E-state index contributed by atoms with van der Waals surface area (Å²) in [5.74, 6) is -1.14. The number of hydrogen-bond donors (Lipinski definition) is 1. The number of benzene rings is 1. The molecule has 9 heteroatoms. The Kier molecular flexibility index (Phi) is 5.25. The molecular formula is C19H17N3O6. The van der Waals surface area contributed by atoms with E-state index in [1.54, 1.807) is 24.3 Å². The number of nitrogens with zero attached hydrogens (tertiary/aromatic N) is 2. The number of carbonyl (C=O) groups is 2. The van der Waals surface area contributed by atoms with Crippen molar-refractivity contribution in [3.63, 3.8) is 0 Å². The zero-order chi connectivity index (χ0) is 20.3. The first-order valence-corrected chi connectivity index (χ1v) is 8.25. The maximum atomic E-state index is 12.5. The van der Waals surface area contributed by atoms with Gasteiger partial charge in [0.2, 0.25) is 0 Å². The largest absolute Gasteiger partial charge is 0.459 e. The minimum atomic E-state index is -0.719. The Balaban J connectivity index is 1.78. The smallest absolute Gasteiger partial charge is 0.340 e. The fourth-order valence-electron chi connectivity index (χ4n) is 2.50. The number of anilines is 1. The first-order valence-electron chi connectivity index (χ1n) is 8.25. The van der Waals surface area contributed by atoms with Gasteiger partial charge in [-0.05, 0) is 24.3 Å². The Morgan fingerprint density at radius 1 is 1.07 bits per heavy atom. The van der Waals surface area contributed by atoms with E-state index in [2.05, 4.69) is 5.32 Å². The lowest BCUT2D eigenvalue weighted by molar-refractivity contribution is 0.0464. The van der Waals surface area contributed by atoms with Crippen molar-refractivity contribution in [3.8, 4) is 0 Å². The third-order valence-corrected chi connectivity index (χ3v) is 4.12. The molecule has 1 amide bonds. The predicted octanol–water partition coefficient (Wildman–Crippen LogP) is 1.29. The van der Waals surface area contributed by atoms with Gasteiger partial charge in [0.1, 0.15) is 6.61 Å². The average molecular weight is 383 g/mol. The first kappa shape index (κ1) is 18.9. The van der Waals surface area contributed by atoms with Crippen LogP contribution < -0.4 is 16.6 Å². The second-order valence-corrected chi connectivity index (χ2v) is 5.93. The maximum Gasteiger partial charge on any atom is 0.340 e. The lowest BCUT2D eigenvalue weighted by atomic mass is 10.1. The Morgan fingerprint density at radius 2 is 1.82 bits per heavy atom. The van der Waals surface area contributed by atoms with Crippen LogP contribution in [-0.4, -0.2) is 21.0 Å². The van der Waals surface area contributed by atoms with Gasteiger partial charge in [-0.25, -0.2) is 9.59 Å². The number of carbonyl (C=O) groups excluding carboxylic acids is 2. The number of para-hydroxylation sites is 1. The van der Waals surface area contributed by atoms with Crippen LogP contribution in [-0.2, 0) is 25.4 Å². The van der Waals surface area contributed by atoms with Crippen LogP contribution in [0.1, 0.15) is 26.6 Å². The van der Waals surface area contributed by atoms with E-state index < -0.39 is 23.1 Å². The number of ether oxygens (including phenoxy) is 1. The Bertz CT molecular complexity index is 1140. The lowest BCUT2D eigenvalue weighted by Gasteiger charge is -2.12. The zero-order valence-electron chi connectivity index (χ0n) is 15.2. The van der Waals surface area contributed by atoms with Crippen LogP contribution in [0, 0.1) is 0 Å². The average Bonchev–Trinajstić information content (AvgIpc) is 3.23. The summed E-state index contributed by atoms with van der Waals surface area (Å²) in [6.07, 6.45) is 1.36. The molecule has 2 aromatic heterocycles. The van der Waals surface area contributed by atoms with Gasteiger partial charge >= 0.3 is 11.7 Å². The van der Waals surface area contributed by atoms with Crippen molar-refractivity contribution in [2.24, 2.45) is 14.1 Å². The standard InChI is InChI=1S/C19H17N3O6/c1-21-12(10-16(23)22(2)19(21)26)11-28-18(25)13-6-3-4-7-14(13)20-17(24)15-8-5-9-27-15/h3-10H,11H2,1-2H3,(H,20,24). The van der Waals surface area contributed by atoms with Crippen LogP contribution in [0.3, 0.4) is 0 Å². The molecule has 0 fully saturated rings.